The van der Waals surface area contributed by atoms with Gasteiger partial charge < -0.3 is 24.3 Å². The van der Waals surface area contributed by atoms with Crippen molar-refractivity contribution < 1.29 is 19.3 Å². The Balaban J connectivity index is 1.20. The standard InChI is InChI=1S/C27H32N2O4S/c1-17-13-18(26-14-21-25(34-26)8-7-24(31-2)27(21)32-3)10-12-29(17)15-19(30)16-33-23-6-4-5-22-20(23)9-11-28-22/h4-9,11,14,17-19,28,30H,10,12-13,15-16H2,1-3H3/t17-,18-,19+/m1/s1. The van der Waals surface area contributed by atoms with Crippen LogP contribution in [0, 0.1) is 0 Å². The fraction of sp³-hybridized carbons (Fsp3) is 0.407. The summed E-state index contributed by atoms with van der Waals surface area (Å²) >= 11 is 1.85. The number of H-pyrrole nitrogens is 1. The predicted molar refractivity (Wildman–Crippen MR) is 138 cm³/mol. The van der Waals surface area contributed by atoms with Crippen LogP contribution in [0.25, 0.3) is 21.0 Å². The molecule has 3 atom stereocenters. The molecule has 0 unspecified atom stereocenters. The number of rotatable bonds is 8. The number of piperidine rings is 1. The highest BCUT2D eigenvalue weighted by Gasteiger charge is 2.29. The van der Waals surface area contributed by atoms with Crippen LogP contribution < -0.4 is 14.2 Å². The van der Waals surface area contributed by atoms with Crippen LogP contribution in [-0.4, -0.2) is 61.1 Å². The van der Waals surface area contributed by atoms with E-state index in [1.54, 1.807) is 14.2 Å². The largest absolute Gasteiger partial charge is 0.493 e. The lowest BCUT2D eigenvalue weighted by Crippen LogP contribution is -2.45. The first kappa shape index (κ1) is 23.0. The zero-order valence-corrected chi connectivity index (χ0v) is 20.7. The summed E-state index contributed by atoms with van der Waals surface area (Å²) in [5.41, 5.74) is 1.04. The van der Waals surface area contributed by atoms with E-state index in [9.17, 15) is 5.11 Å². The lowest BCUT2D eigenvalue weighted by molar-refractivity contribution is 0.0408. The van der Waals surface area contributed by atoms with E-state index in [1.807, 2.05) is 47.9 Å². The SMILES string of the molecule is COc1ccc2sc([C@@H]3CCN(C[C@H](O)COc4cccc5[nH]ccc45)[C@H](C)C3)cc2c1OC. The van der Waals surface area contributed by atoms with Gasteiger partial charge in [-0.3, -0.25) is 4.90 Å². The van der Waals surface area contributed by atoms with Crippen LogP contribution in [0.3, 0.4) is 0 Å². The van der Waals surface area contributed by atoms with Crippen molar-refractivity contribution in [2.75, 3.05) is 33.9 Å². The molecule has 1 aliphatic heterocycles. The van der Waals surface area contributed by atoms with E-state index >= 15 is 0 Å². The van der Waals surface area contributed by atoms with Gasteiger partial charge in [0.1, 0.15) is 18.5 Å². The van der Waals surface area contributed by atoms with Gasteiger partial charge in [-0.05, 0) is 68.6 Å². The molecule has 3 heterocycles. The molecule has 0 spiro atoms. The van der Waals surface area contributed by atoms with Crippen LogP contribution >= 0.6 is 11.3 Å². The van der Waals surface area contributed by atoms with Gasteiger partial charge in [0.25, 0.3) is 0 Å². The molecule has 2 aromatic heterocycles. The number of β-amino-alcohol motifs (C(OH)–C–C–N with tert-alkyl or cyclic N) is 1. The normalized spacial score (nSPS) is 20.0. The Labute approximate surface area is 204 Å². The number of aliphatic hydroxyl groups excluding tert-OH is 1. The Morgan fingerprint density at radius 2 is 2.00 bits per heavy atom. The zero-order valence-electron chi connectivity index (χ0n) is 19.9. The number of ether oxygens (including phenoxy) is 3. The summed E-state index contributed by atoms with van der Waals surface area (Å²) in [5, 5.41) is 12.9. The number of benzene rings is 2. The molecule has 1 saturated heterocycles. The molecule has 0 bridgehead atoms. The average Bonchev–Trinajstić information content (AvgIpc) is 3.50. The van der Waals surface area contributed by atoms with Gasteiger partial charge in [-0.25, -0.2) is 0 Å². The van der Waals surface area contributed by atoms with Crippen molar-refractivity contribution in [2.24, 2.45) is 0 Å². The van der Waals surface area contributed by atoms with E-state index < -0.39 is 6.10 Å². The van der Waals surface area contributed by atoms with Crippen molar-refractivity contribution in [1.29, 1.82) is 0 Å². The van der Waals surface area contributed by atoms with Crippen molar-refractivity contribution in [3.8, 4) is 17.2 Å². The minimum atomic E-state index is -0.533. The summed E-state index contributed by atoms with van der Waals surface area (Å²) in [4.78, 5) is 6.98. The Hall–Kier alpha value is -2.74. The predicted octanol–water partition coefficient (Wildman–Crippen LogP) is 5.41. The van der Waals surface area contributed by atoms with E-state index in [2.05, 4.69) is 28.9 Å². The fourth-order valence-corrected chi connectivity index (χ4v) is 6.31. The first-order valence-corrected chi connectivity index (χ1v) is 12.6. The number of aromatic nitrogens is 1. The van der Waals surface area contributed by atoms with Gasteiger partial charge in [-0.1, -0.05) is 6.07 Å². The first-order valence-electron chi connectivity index (χ1n) is 11.8. The van der Waals surface area contributed by atoms with Gasteiger partial charge in [0.2, 0.25) is 0 Å². The number of likely N-dealkylation sites (tertiary alicyclic amines) is 1. The molecule has 34 heavy (non-hydrogen) atoms. The van der Waals surface area contributed by atoms with Crippen LogP contribution in [0.5, 0.6) is 17.2 Å². The van der Waals surface area contributed by atoms with Crippen LogP contribution in [0.15, 0.2) is 48.7 Å². The molecule has 6 nitrogen and oxygen atoms in total. The zero-order chi connectivity index (χ0) is 23.7. The summed E-state index contributed by atoms with van der Waals surface area (Å²) in [6.07, 6.45) is 3.52. The van der Waals surface area contributed by atoms with Crippen LogP contribution in [0.2, 0.25) is 0 Å². The van der Waals surface area contributed by atoms with E-state index in [0.717, 1.165) is 52.9 Å². The highest BCUT2D eigenvalue weighted by molar-refractivity contribution is 7.19. The molecule has 180 valence electrons. The van der Waals surface area contributed by atoms with Crippen molar-refractivity contribution in [1.82, 2.24) is 9.88 Å². The number of hydrogen-bond acceptors (Lipinski definition) is 6. The van der Waals surface area contributed by atoms with E-state index in [0.29, 0.717) is 18.5 Å². The number of thiophene rings is 1. The minimum Gasteiger partial charge on any atom is -0.493 e. The number of aromatic amines is 1. The number of fused-ring (bicyclic) bond motifs is 2. The van der Waals surface area contributed by atoms with Crippen LogP contribution in [0.1, 0.15) is 30.6 Å². The molecular weight excluding hydrogens is 448 g/mol. The maximum absolute atomic E-state index is 10.7. The maximum Gasteiger partial charge on any atom is 0.169 e. The fourth-order valence-electron chi connectivity index (χ4n) is 5.10. The Morgan fingerprint density at radius 1 is 1.12 bits per heavy atom. The van der Waals surface area contributed by atoms with Gasteiger partial charge in [-0.2, -0.15) is 0 Å². The molecular formula is C27H32N2O4S. The molecule has 2 aromatic carbocycles. The first-order chi connectivity index (χ1) is 16.6. The van der Waals surface area contributed by atoms with E-state index in [1.165, 1.54) is 9.58 Å². The summed E-state index contributed by atoms with van der Waals surface area (Å²) in [7, 11) is 3.37. The van der Waals surface area contributed by atoms with Crippen molar-refractivity contribution in [2.45, 2.75) is 37.8 Å². The highest BCUT2D eigenvalue weighted by Crippen LogP contribution is 2.44. The lowest BCUT2D eigenvalue weighted by Gasteiger charge is -2.38. The van der Waals surface area contributed by atoms with Gasteiger partial charge in [-0.15, -0.1) is 11.3 Å². The van der Waals surface area contributed by atoms with Crippen molar-refractivity contribution in [3.63, 3.8) is 0 Å². The van der Waals surface area contributed by atoms with Gasteiger partial charge in [0, 0.05) is 44.6 Å². The lowest BCUT2D eigenvalue weighted by atomic mass is 9.90. The third kappa shape index (κ3) is 4.48. The molecule has 0 radical (unpaired) electrons. The number of nitrogens with one attached hydrogen (secondary N) is 1. The molecule has 5 rings (SSSR count). The smallest absolute Gasteiger partial charge is 0.169 e. The molecule has 0 amide bonds. The van der Waals surface area contributed by atoms with Crippen LogP contribution in [0.4, 0.5) is 0 Å². The number of methoxy groups -OCH3 is 2. The molecule has 7 heteroatoms. The Kier molecular flexibility index (Phi) is 6.68. The molecule has 0 saturated carbocycles. The van der Waals surface area contributed by atoms with Gasteiger partial charge >= 0.3 is 0 Å². The molecule has 4 aromatic rings. The number of aliphatic hydroxyl groups is 1. The van der Waals surface area contributed by atoms with Gasteiger partial charge in [0.15, 0.2) is 11.5 Å². The second kappa shape index (κ2) is 9.86. The summed E-state index contributed by atoms with van der Waals surface area (Å²) in [6, 6.07) is 14.7. The van der Waals surface area contributed by atoms with Crippen LogP contribution in [-0.2, 0) is 0 Å². The topological polar surface area (TPSA) is 67.0 Å². The molecule has 2 N–H and O–H groups in total. The summed E-state index contributed by atoms with van der Waals surface area (Å²) in [6.45, 7) is 4.13. The maximum atomic E-state index is 10.7. The second-order valence-corrected chi connectivity index (χ2v) is 10.2. The third-order valence-corrected chi connectivity index (χ3v) is 8.17. The minimum absolute atomic E-state index is 0.287. The molecule has 1 aliphatic rings. The number of hydrogen-bond donors (Lipinski definition) is 2. The Bertz CT molecular complexity index is 1270. The quantitative estimate of drug-likeness (QED) is 0.353. The van der Waals surface area contributed by atoms with Gasteiger partial charge in [0.05, 0.1) is 14.2 Å². The summed E-state index contributed by atoms with van der Waals surface area (Å²) < 4.78 is 18.3. The molecule has 1 fully saturated rings. The Morgan fingerprint density at radius 3 is 2.79 bits per heavy atom. The summed E-state index contributed by atoms with van der Waals surface area (Å²) in [5.74, 6) is 2.90. The monoisotopic (exact) mass is 480 g/mol. The van der Waals surface area contributed by atoms with Crippen molar-refractivity contribution >= 4 is 32.3 Å². The second-order valence-electron chi connectivity index (χ2n) is 9.09. The average molecular weight is 481 g/mol. The highest BCUT2D eigenvalue weighted by atomic mass is 32.1. The van der Waals surface area contributed by atoms with Crippen molar-refractivity contribution in [3.05, 3.63) is 53.5 Å². The van der Waals surface area contributed by atoms with E-state index in [4.69, 9.17) is 14.2 Å². The third-order valence-electron chi connectivity index (χ3n) is 6.91. The van der Waals surface area contributed by atoms with E-state index in [-0.39, 0.29) is 6.61 Å². The molecule has 0 aliphatic carbocycles. The number of nitrogens with zero attached hydrogens (tertiary/aromatic N) is 1.